The Bertz CT molecular complexity index is 12.4. The quantitative estimate of drug-likeness (QED) is 0.336. The zero-order valence-electron chi connectivity index (χ0n) is 3.16. The molecule has 34 valence electrons. The number of hydrogen-bond acceptors (Lipinski definition) is 0. The summed E-state index contributed by atoms with van der Waals surface area (Å²) in [4.78, 5) is 0. The smallest absolute Gasteiger partial charge is 0.175 e. The van der Waals surface area contributed by atoms with Crippen molar-refractivity contribution in [1.29, 1.82) is 0 Å². The molecule has 0 aromatic heterocycles. The maximum atomic E-state index is 5.30. The topological polar surface area (TPSA) is 0 Å². The van der Waals surface area contributed by atoms with E-state index in [2.05, 4.69) is 0 Å². The molecule has 0 nitrogen and oxygen atoms in total. The summed E-state index contributed by atoms with van der Waals surface area (Å²) in [7, 11) is 5.41. The summed E-state index contributed by atoms with van der Waals surface area (Å²) in [5.74, 6) is 0. The predicted molar refractivity (Wildman–Crippen MR) is 25.1 cm³/mol. The fourth-order valence-electron chi connectivity index (χ4n) is 0. The molecule has 0 radical (unpaired) electrons. The molecule has 0 atom stereocenters. The molecule has 0 aliphatic heterocycles. The highest BCUT2D eigenvalue weighted by atomic mass is 35.7. The van der Waals surface area contributed by atoms with Gasteiger partial charge in [0.05, 0.1) is 10.1 Å². The first-order chi connectivity index (χ1) is 1.73. The lowest BCUT2D eigenvalue weighted by molar-refractivity contribution is -0.000000898. The van der Waals surface area contributed by atoms with Crippen molar-refractivity contribution in [2.75, 3.05) is 12.5 Å². The largest absolute Gasteiger partial charge is 1.00 e. The Morgan fingerprint density at radius 2 is 1.40 bits per heavy atom. The van der Waals surface area contributed by atoms with Crippen LogP contribution >= 0.6 is 10.7 Å². The first-order valence-corrected chi connectivity index (χ1v) is 3.84. The second-order valence-electron chi connectivity index (χ2n) is 0.717. The Kier molecular flexibility index (Phi) is 9.20. The Balaban J connectivity index is 0. The van der Waals surface area contributed by atoms with Gasteiger partial charge in [-0.1, -0.05) is 0 Å². The van der Waals surface area contributed by atoms with Gasteiger partial charge in [0.25, 0.3) is 0 Å². The molecule has 0 rings (SSSR count). The Morgan fingerprint density at radius 1 is 1.40 bits per heavy atom. The minimum Gasteiger partial charge on any atom is -1.00 e. The zero-order chi connectivity index (χ0) is 3.58. The van der Waals surface area contributed by atoms with E-state index in [9.17, 15) is 0 Å². The second-order valence-corrected chi connectivity index (χ2v) is 4.00. The lowest BCUT2D eigenvalue weighted by Gasteiger charge is -1.62. The Hall–Kier alpha value is 0.930. The molecule has 3 heteroatoms. The van der Waals surface area contributed by atoms with Crippen LogP contribution in [-0.4, -0.2) is 12.5 Å². The van der Waals surface area contributed by atoms with Crippen molar-refractivity contribution in [1.82, 2.24) is 0 Å². The van der Waals surface area contributed by atoms with E-state index in [-0.39, 0.29) is 22.5 Å². The lowest BCUT2D eigenvalue weighted by Crippen LogP contribution is -3.00. The molecule has 0 aliphatic carbocycles. The molecule has 0 aromatic carbocycles. The normalized spacial score (nSPS) is 7.20. The summed E-state index contributed by atoms with van der Waals surface area (Å²) < 4.78 is 0. The van der Waals surface area contributed by atoms with E-state index in [1.54, 1.807) is 0 Å². The fourth-order valence-corrected chi connectivity index (χ4v) is 0. The van der Waals surface area contributed by atoms with Crippen molar-refractivity contribution in [2.24, 2.45) is 0 Å². The third-order valence-corrected chi connectivity index (χ3v) is 0. The first kappa shape index (κ1) is 9.33. The molecule has 0 bridgehead atoms. The average Bonchev–Trinajstić information content (AvgIpc) is 0.811. The van der Waals surface area contributed by atoms with Gasteiger partial charge in [-0.15, -0.1) is 0 Å². The highest BCUT2D eigenvalue weighted by Crippen LogP contribution is 1.84. The summed E-state index contributed by atoms with van der Waals surface area (Å²) in [6.07, 6.45) is 3.92. The maximum Gasteiger partial charge on any atom is 0.175 e. The number of hydrogen-bond donors (Lipinski definition) is 0. The summed E-state index contributed by atoms with van der Waals surface area (Å²) in [6, 6.07) is 0. The predicted octanol–water partition coefficient (Wildman–Crippen LogP) is -1.98. The van der Waals surface area contributed by atoms with Gasteiger partial charge >= 0.3 is 0 Å². The Labute approximate surface area is 46.2 Å². The van der Waals surface area contributed by atoms with Crippen LogP contribution in [0.5, 0.6) is 0 Å². The molecule has 0 spiro atoms. The molecule has 5 heavy (non-hydrogen) atoms. The lowest BCUT2D eigenvalue weighted by atomic mass is 11.9. The summed E-state index contributed by atoms with van der Waals surface area (Å²) in [5.41, 5.74) is 0. The molecule has 0 heterocycles. The van der Waals surface area contributed by atoms with Crippen LogP contribution < -0.4 is 12.4 Å². The van der Waals surface area contributed by atoms with Gasteiger partial charge in [-0.05, 0) is 0 Å². The van der Waals surface area contributed by atoms with Gasteiger partial charge in [0.1, 0.15) is 12.5 Å². The van der Waals surface area contributed by atoms with Gasteiger partial charge < -0.3 is 12.4 Å². The van der Waals surface area contributed by atoms with Gasteiger partial charge in [-0.3, -0.25) is 0 Å². The molecule has 0 saturated carbocycles. The molecule has 0 unspecified atom stereocenters. The van der Waals surface area contributed by atoms with E-state index in [0.717, 1.165) is 0 Å². The van der Waals surface area contributed by atoms with Crippen molar-refractivity contribution >= 4 is 20.8 Å². The molecule has 0 N–H and O–H groups in total. The number of rotatable bonds is 0. The van der Waals surface area contributed by atoms with Gasteiger partial charge in [-0.2, -0.15) is 0 Å². The monoisotopic (exact) mass is 132 g/mol. The van der Waals surface area contributed by atoms with Crippen LogP contribution in [0.15, 0.2) is 0 Å². The maximum absolute atomic E-state index is 5.30. The zero-order valence-corrected chi connectivity index (χ0v) is 5.49. The minimum atomic E-state index is 0. The highest BCUT2D eigenvalue weighted by molar-refractivity contribution is 8.17. The summed E-state index contributed by atoms with van der Waals surface area (Å²) in [5, 5.41) is 0. The van der Waals surface area contributed by atoms with Crippen LogP contribution in [0.2, 0.25) is 0 Å². The van der Waals surface area contributed by atoms with E-state index >= 15 is 0 Å². The summed E-state index contributed by atoms with van der Waals surface area (Å²) >= 11 is 0. The van der Waals surface area contributed by atoms with Crippen molar-refractivity contribution in [3.63, 3.8) is 0 Å². The molecular formula is C2H6Cl2S. The molecule has 0 fully saturated rings. The van der Waals surface area contributed by atoms with Crippen molar-refractivity contribution in [2.45, 2.75) is 0 Å². The van der Waals surface area contributed by atoms with Crippen LogP contribution in [-0.2, 0) is 10.1 Å². The molecular weight excluding hydrogens is 127 g/mol. The van der Waals surface area contributed by atoms with Gasteiger partial charge in [0.2, 0.25) is 0 Å². The Morgan fingerprint density at radius 3 is 1.40 bits per heavy atom. The molecule has 0 aromatic rings. The van der Waals surface area contributed by atoms with Crippen LogP contribution in [0.3, 0.4) is 0 Å². The second kappa shape index (κ2) is 4.93. The van der Waals surface area contributed by atoms with Crippen LogP contribution in [0, 0.1) is 0 Å². The average molecular weight is 133 g/mol. The van der Waals surface area contributed by atoms with Gasteiger partial charge in [0, 0.05) is 0 Å². The van der Waals surface area contributed by atoms with Gasteiger partial charge in [-0.25, -0.2) is 0 Å². The van der Waals surface area contributed by atoms with E-state index in [4.69, 9.17) is 10.7 Å². The SMILES string of the molecule is C[S+](C)Cl.[Cl-]. The third-order valence-electron chi connectivity index (χ3n) is 0. The molecule has 0 aliphatic rings. The number of halogens is 2. The van der Waals surface area contributed by atoms with Crippen molar-refractivity contribution < 1.29 is 12.4 Å². The van der Waals surface area contributed by atoms with Crippen molar-refractivity contribution in [3.8, 4) is 0 Å². The van der Waals surface area contributed by atoms with E-state index in [0.29, 0.717) is 0 Å². The first-order valence-electron chi connectivity index (χ1n) is 0.971. The van der Waals surface area contributed by atoms with Crippen LogP contribution in [0.4, 0.5) is 0 Å². The third kappa shape index (κ3) is 48.9. The van der Waals surface area contributed by atoms with Crippen LogP contribution in [0.25, 0.3) is 0 Å². The standard InChI is InChI=1S/C2H6ClS.ClH/c1-4(2)3;/h1-2H3;1H/q+1;/p-1. The minimum absolute atomic E-state index is 0. The van der Waals surface area contributed by atoms with Gasteiger partial charge in [0.15, 0.2) is 10.7 Å². The fraction of sp³-hybridized carbons (Fsp3) is 1.00. The van der Waals surface area contributed by atoms with E-state index < -0.39 is 0 Å². The van der Waals surface area contributed by atoms with Crippen molar-refractivity contribution in [3.05, 3.63) is 0 Å². The van der Waals surface area contributed by atoms with E-state index in [1.807, 2.05) is 12.5 Å². The molecule has 0 amide bonds. The molecule has 0 saturated heterocycles. The summed E-state index contributed by atoms with van der Waals surface area (Å²) in [6.45, 7) is 0. The van der Waals surface area contributed by atoms with Crippen LogP contribution in [0.1, 0.15) is 0 Å². The van der Waals surface area contributed by atoms with E-state index in [1.165, 1.54) is 0 Å². The highest BCUT2D eigenvalue weighted by Gasteiger charge is 1.85.